The molecular weight excluding hydrogens is 168 g/mol. The van der Waals surface area contributed by atoms with Gasteiger partial charge in [-0.05, 0) is 18.4 Å². The van der Waals surface area contributed by atoms with E-state index in [-0.39, 0.29) is 0 Å². The SMILES string of the molecule is C=C(OC)c1cccc(SC)c1. The molecule has 1 aromatic rings. The van der Waals surface area contributed by atoms with Gasteiger partial charge in [0.2, 0.25) is 0 Å². The van der Waals surface area contributed by atoms with E-state index in [1.807, 2.05) is 12.1 Å². The van der Waals surface area contributed by atoms with Gasteiger partial charge in [-0.3, -0.25) is 0 Å². The Bertz CT molecular complexity index is 281. The van der Waals surface area contributed by atoms with Crippen molar-refractivity contribution in [2.45, 2.75) is 4.90 Å². The minimum atomic E-state index is 0.714. The summed E-state index contributed by atoms with van der Waals surface area (Å²) in [6.45, 7) is 3.79. The highest BCUT2D eigenvalue weighted by Gasteiger charge is 1.97. The van der Waals surface area contributed by atoms with Crippen molar-refractivity contribution in [1.82, 2.24) is 0 Å². The predicted octanol–water partition coefficient (Wildman–Crippen LogP) is 3.03. The van der Waals surface area contributed by atoms with Crippen LogP contribution in [-0.2, 0) is 4.74 Å². The van der Waals surface area contributed by atoms with Crippen LogP contribution in [0.2, 0.25) is 0 Å². The van der Waals surface area contributed by atoms with Gasteiger partial charge in [-0.1, -0.05) is 18.7 Å². The summed E-state index contributed by atoms with van der Waals surface area (Å²) >= 11 is 1.71. The highest BCUT2D eigenvalue weighted by atomic mass is 32.2. The van der Waals surface area contributed by atoms with Crippen LogP contribution < -0.4 is 0 Å². The van der Waals surface area contributed by atoms with Gasteiger partial charge in [0.15, 0.2) is 0 Å². The fourth-order valence-corrected chi connectivity index (χ4v) is 1.37. The Hall–Kier alpha value is -0.890. The van der Waals surface area contributed by atoms with Gasteiger partial charge in [0.1, 0.15) is 5.76 Å². The number of methoxy groups -OCH3 is 1. The highest BCUT2D eigenvalue weighted by Crippen LogP contribution is 2.20. The Morgan fingerprint density at radius 2 is 2.25 bits per heavy atom. The summed E-state index contributed by atoms with van der Waals surface area (Å²) < 4.78 is 5.03. The first kappa shape index (κ1) is 9.20. The molecule has 1 aromatic carbocycles. The molecule has 0 fully saturated rings. The number of rotatable bonds is 3. The van der Waals surface area contributed by atoms with Gasteiger partial charge in [0, 0.05) is 10.5 Å². The Kier molecular flexibility index (Phi) is 3.23. The normalized spacial score (nSPS) is 9.50. The molecule has 64 valence electrons. The molecule has 0 amide bonds. The van der Waals surface area contributed by atoms with E-state index in [1.165, 1.54) is 4.90 Å². The van der Waals surface area contributed by atoms with Crippen molar-refractivity contribution in [3.05, 3.63) is 36.4 Å². The van der Waals surface area contributed by atoms with Gasteiger partial charge in [-0.2, -0.15) is 0 Å². The second-order valence-corrected chi connectivity index (χ2v) is 3.24. The van der Waals surface area contributed by atoms with Crippen molar-refractivity contribution in [2.75, 3.05) is 13.4 Å². The van der Waals surface area contributed by atoms with Crippen LogP contribution in [0.4, 0.5) is 0 Å². The van der Waals surface area contributed by atoms with E-state index in [9.17, 15) is 0 Å². The van der Waals surface area contributed by atoms with E-state index in [1.54, 1.807) is 18.9 Å². The molecule has 0 unspecified atom stereocenters. The van der Waals surface area contributed by atoms with Gasteiger partial charge in [0.25, 0.3) is 0 Å². The third kappa shape index (κ3) is 2.05. The zero-order chi connectivity index (χ0) is 8.97. The first-order valence-corrected chi connectivity index (χ1v) is 4.87. The molecule has 12 heavy (non-hydrogen) atoms. The van der Waals surface area contributed by atoms with Gasteiger partial charge >= 0.3 is 0 Å². The van der Waals surface area contributed by atoms with Crippen LogP contribution in [0.15, 0.2) is 35.7 Å². The molecule has 0 N–H and O–H groups in total. The lowest BCUT2D eigenvalue weighted by molar-refractivity contribution is 0.371. The third-order valence-corrected chi connectivity index (χ3v) is 2.36. The molecule has 0 aliphatic rings. The van der Waals surface area contributed by atoms with Crippen molar-refractivity contribution in [2.24, 2.45) is 0 Å². The first-order valence-electron chi connectivity index (χ1n) is 3.65. The number of ether oxygens (including phenoxy) is 1. The summed E-state index contributed by atoms with van der Waals surface area (Å²) in [6, 6.07) is 8.13. The number of benzene rings is 1. The van der Waals surface area contributed by atoms with E-state index in [0.717, 1.165) is 5.56 Å². The predicted molar refractivity (Wildman–Crippen MR) is 54.3 cm³/mol. The zero-order valence-corrected chi connectivity index (χ0v) is 8.15. The average Bonchev–Trinajstić information content (AvgIpc) is 2.17. The van der Waals surface area contributed by atoms with Crippen molar-refractivity contribution in [3.8, 4) is 0 Å². The molecule has 0 atom stereocenters. The van der Waals surface area contributed by atoms with Gasteiger partial charge < -0.3 is 4.74 Å². The number of hydrogen-bond acceptors (Lipinski definition) is 2. The summed E-state index contributed by atoms with van der Waals surface area (Å²) in [7, 11) is 1.63. The molecule has 0 aliphatic carbocycles. The lowest BCUT2D eigenvalue weighted by Gasteiger charge is -2.04. The molecule has 0 aromatic heterocycles. The maximum atomic E-state index is 5.03. The van der Waals surface area contributed by atoms with Crippen molar-refractivity contribution < 1.29 is 4.74 Å². The van der Waals surface area contributed by atoms with Crippen LogP contribution in [0.1, 0.15) is 5.56 Å². The molecular formula is C10H12OS. The Labute approximate surface area is 77.4 Å². The summed E-state index contributed by atoms with van der Waals surface area (Å²) in [5, 5.41) is 0. The fourth-order valence-electron chi connectivity index (χ4n) is 0.914. The zero-order valence-electron chi connectivity index (χ0n) is 7.33. The van der Waals surface area contributed by atoms with Gasteiger partial charge in [-0.25, -0.2) is 0 Å². The molecule has 0 heterocycles. The van der Waals surface area contributed by atoms with E-state index < -0.39 is 0 Å². The van der Waals surface area contributed by atoms with Crippen LogP contribution in [-0.4, -0.2) is 13.4 Å². The fraction of sp³-hybridized carbons (Fsp3) is 0.200. The monoisotopic (exact) mass is 180 g/mol. The lowest BCUT2D eigenvalue weighted by atomic mass is 10.2. The van der Waals surface area contributed by atoms with Crippen LogP contribution in [0.25, 0.3) is 5.76 Å². The molecule has 0 spiro atoms. The molecule has 1 nitrogen and oxygen atoms in total. The maximum absolute atomic E-state index is 5.03. The average molecular weight is 180 g/mol. The quantitative estimate of drug-likeness (QED) is 0.522. The summed E-state index contributed by atoms with van der Waals surface area (Å²) in [6.07, 6.45) is 2.05. The van der Waals surface area contributed by atoms with Crippen LogP contribution in [0.5, 0.6) is 0 Å². The summed E-state index contributed by atoms with van der Waals surface area (Å²) in [4.78, 5) is 1.23. The molecule has 1 rings (SSSR count). The summed E-state index contributed by atoms with van der Waals surface area (Å²) in [5.74, 6) is 0.714. The highest BCUT2D eigenvalue weighted by molar-refractivity contribution is 7.98. The standard InChI is InChI=1S/C10H12OS/c1-8(11-2)9-5-4-6-10(7-9)12-3/h4-7H,1H2,2-3H3. The van der Waals surface area contributed by atoms with E-state index in [0.29, 0.717) is 5.76 Å². The molecule has 2 heteroatoms. The maximum Gasteiger partial charge on any atom is 0.118 e. The largest absolute Gasteiger partial charge is 0.497 e. The second kappa shape index (κ2) is 4.21. The molecule has 0 bridgehead atoms. The number of thioether (sulfide) groups is 1. The van der Waals surface area contributed by atoms with Crippen LogP contribution in [0.3, 0.4) is 0 Å². The van der Waals surface area contributed by atoms with E-state index in [4.69, 9.17) is 4.74 Å². The molecule has 0 radical (unpaired) electrons. The van der Waals surface area contributed by atoms with Crippen molar-refractivity contribution in [1.29, 1.82) is 0 Å². The Morgan fingerprint density at radius 1 is 1.50 bits per heavy atom. The van der Waals surface area contributed by atoms with Crippen molar-refractivity contribution in [3.63, 3.8) is 0 Å². The second-order valence-electron chi connectivity index (χ2n) is 2.36. The van der Waals surface area contributed by atoms with Crippen LogP contribution >= 0.6 is 11.8 Å². The Balaban J connectivity index is 2.93. The third-order valence-electron chi connectivity index (χ3n) is 1.64. The smallest absolute Gasteiger partial charge is 0.118 e. The van der Waals surface area contributed by atoms with Crippen molar-refractivity contribution >= 4 is 17.5 Å². The van der Waals surface area contributed by atoms with E-state index >= 15 is 0 Å². The minimum absolute atomic E-state index is 0.714. The minimum Gasteiger partial charge on any atom is -0.497 e. The number of hydrogen-bond donors (Lipinski definition) is 0. The molecule has 0 aliphatic heterocycles. The topological polar surface area (TPSA) is 9.23 Å². The summed E-state index contributed by atoms with van der Waals surface area (Å²) in [5.41, 5.74) is 1.05. The van der Waals surface area contributed by atoms with Crippen LogP contribution in [0, 0.1) is 0 Å². The van der Waals surface area contributed by atoms with E-state index in [2.05, 4.69) is 25.0 Å². The van der Waals surface area contributed by atoms with Gasteiger partial charge in [-0.15, -0.1) is 11.8 Å². The molecule has 0 saturated heterocycles. The Morgan fingerprint density at radius 3 is 2.83 bits per heavy atom. The molecule has 0 saturated carbocycles. The van der Waals surface area contributed by atoms with Gasteiger partial charge in [0.05, 0.1) is 7.11 Å². The first-order chi connectivity index (χ1) is 5.77. The lowest BCUT2D eigenvalue weighted by Crippen LogP contribution is -1.84.